The Kier molecular flexibility index (Phi) is 2.65. The Labute approximate surface area is 70.8 Å². The first kappa shape index (κ1) is 8.27. The van der Waals surface area contributed by atoms with Crippen molar-refractivity contribution in [2.45, 2.75) is 19.9 Å². The molecular formula is C7H10ClN3. The lowest BCUT2D eigenvalue weighted by Gasteiger charge is -2.06. The first-order chi connectivity index (χ1) is 5.18. The van der Waals surface area contributed by atoms with E-state index < -0.39 is 0 Å². The van der Waals surface area contributed by atoms with Crippen LogP contribution in [0.25, 0.3) is 0 Å². The van der Waals surface area contributed by atoms with Crippen molar-refractivity contribution in [3.8, 4) is 0 Å². The number of hydrogen-bond acceptors (Lipinski definition) is 3. The highest BCUT2D eigenvalue weighted by molar-refractivity contribution is 6.30. The Hall–Kier alpha value is -0.830. The molecule has 11 heavy (non-hydrogen) atoms. The second-order valence-corrected chi connectivity index (χ2v) is 2.96. The molecule has 1 heterocycles. The third-order valence-corrected chi connectivity index (χ3v) is 1.23. The highest BCUT2D eigenvalue weighted by atomic mass is 35.5. The van der Waals surface area contributed by atoms with Crippen LogP contribution in [0.4, 0.5) is 5.95 Å². The largest absolute Gasteiger partial charge is 0.352 e. The van der Waals surface area contributed by atoms with Gasteiger partial charge in [0.05, 0.1) is 17.4 Å². The summed E-state index contributed by atoms with van der Waals surface area (Å²) in [5.41, 5.74) is 0. The Morgan fingerprint density at radius 2 is 1.91 bits per heavy atom. The molecule has 1 aromatic rings. The summed E-state index contributed by atoms with van der Waals surface area (Å²) in [4.78, 5) is 7.93. The van der Waals surface area contributed by atoms with E-state index in [4.69, 9.17) is 11.6 Å². The monoisotopic (exact) mass is 171 g/mol. The summed E-state index contributed by atoms with van der Waals surface area (Å²) in [7, 11) is 0. The molecule has 0 fully saturated rings. The molecule has 1 rings (SSSR count). The number of halogens is 1. The minimum atomic E-state index is 0.344. The van der Waals surface area contributed by atoms with Gasteiger partial charge in [0.15, 0.2) is 0 Å². The maximum absolute atomic E-state index is 5.60. The van der Waals surface area contributed by atoms with Crippen LogP contribution in [0.5, 0.6) is 0 Å². The third-order valence-electron chi connectivity index (χ3n) is 1.04. The van der Waals surface area contributed by atoms with Gasteiger partial charge in [-0.1, -0.05) is 11.6 Å². The molecule has 3 nitrogen and oxygen atoms in total. The molecule has 0 aliphatic rings. The van der Waals surface area contributed by atoms with Gasteiger partial charge in [0.2, 0.25) is 5.95 Å². The van der Waals surface area contributed by atoms with Crippen LogP contribution in [0.15, 0.2) is 12.4 Å². The summed E-state index contributed by atoms with van der Waals surface area (Å²) in [5, 5.41) is 3.61. The summed E-state index contributed by atoms with van der Waals surface area (Å²) in [6, 6.07) is 0.344. The van der Waals surface area contributed by atoms with Gasteiger partial charge in [-0.3, -0.25) is 0 Å². The maximum atomic E-state index is 5.60. The van der Waals surface area contributed by atoms with Crippen LogP contribution in [0, 0.1) is 0 Å². The van der Waals surface area contributed by atoms with Crippen molar-refractivity contribution in [2.75, 3.05) is 5.32 Å². The molecule has 0 saturated heterocycles. The highest BCUT2D eigenvalue weighted by Crippen LogP contribution is 2.05. The first-order valence-electron chi connectivity index (χ1n) is 3.42. The number of hydrogen-bond donors (Lipinski definition) is 1. The van der Waals surface area contributed by atoms with Crippen LogP contribution >= 0.6 is 11.6 Å². The fourth-order valence-corrected chi connectivity index (χ4v) is 0.743. The van der Waals surface area contributed by atoms with Crippen LogP contribution < -0.4 is 5.32 Å². The second-order valence-electron chi connectivity index (χ2n) is 2.52. The molecule has 0 aliphatic carbocycles. The molecule has 1 N–H and O–H groups in total. The molecule has 0 saturated carbocycles. The predicted molar refractivity (Wildman–Crippen MR) is 45.8 cm³/mol. The maximum Gasteiger partial charge on any atom is 0.222 e. The average molecular weight is 172 g/mol. The molecule has 0 aliphatic heterocycles. The van der Waals surface area contributed by atoms with Gasteiger partial charge < -0.3 is 5.32 Å². The van der Waals surface area contributed by atoms with E-state index in [2.05, 4.69) is 15.3 Å². The van der Waals surface area contributed by atoms with E-state index in [9.17, 15) is 0 Å². The molecule has 60 valence electrons. The fourth-order valence-electron chi connectivity index (χ4n) is 0.645. The molecule has 1 aromatic heterocycles. The quantitative estimate of drug-likeness (QED) is 0.739. The summed E-state index contributed by atoms with van der Waals surface area (Å²) >= 11 is 5.60. The zero-order valence-corrected chi connectivity index (χ0v) is 7.26. The van der Waals surface area contributed by atoms with E-state index in [0.717, 1.165) is 0 Å². The number of aromatic nitrogens is 2. The molecule has 0 spiro atoms. The van der Waals surface area contributed by atoms with Crippen LogP contribution in [0.2, 0.25) is 5.02 Å². The Bertz CT molecular complexity index is 220. The molecule has 0 unspecified atom stereocenters. The van der Waals surface area contributed by atoms with E-state index in [1.807, 2.05) is 13.8 Å². The predicted octanol–water partition coefficient (Wildman–Crippen LogP) is 1.95. The number of anilines is 1. The van der Waals surface area contributed by atoms with Crippen molar-refractivity contribution in [2.24, 2.45) is 0 Å². The summed E-state index contributed by atoms with van der Waals surface area (Å²) in [5.74, 6) is 0.615. The lowest BCUT2D eigenvalue weighted by atomic mass is 10.4. The van der Waals surface area contributed by atoms with Crippen LogP contribution in [-0.4, -0.2) is 16.0 Å². The van der Waals surface area contributed by atoms with E-state index in [1.54, 1.807) is 12.4 Å². The molecule has 0 atom stereocenters. The number of nitrogens with zero attached hydrogens (tertiary/aromatic N) is 2. The van der Waals surface area contributed by atoms with Gasteiger partial charge in [-0.05, 0) is 13.8 Å². The zero-order valence-electron chi connectivity index (χ0n) is 6.50. The second kappa shape index (κ2) is 3.53. The van der Waals surface area contributed by atoms with Gasteiger partial charge in [0.1, 0.15) is 0 Å². The standard InChI is InChI=1S/C7H10ClN3/c1-5(2)11-7-9-3-6(8)4-10-7/h3-5H,1-2H3,(H,9,10,11). The highest BCUT2D eigenvalue weighted by Gasteiger charge is 1.96. The van der Waals surface area contributed by atoms with Crippen LogP contribution in [0.1, 0.15) is 13.8 Å². The normalized spacial score (nSPS) is 10.2. The molecule has 0 amide bonds. The lowest BCUT2D eigenvalue weighted by molar-refractivity contribution is 0.874. The molecule has 4 heteroatoms. The van der Waals surface area contributed by atoms with E-state index in [1.165, 1.54) is 0 Å². The van der Waals surface area contributed by atoms with Crippen molar-refractivity contribution >= 4 is 17.5 Å². The van der Waals surface area contributed by atoms with Gasteiger partial charge in [-0.2, -0.15) is 0 Å². The van der Waals surface area contributed by atoms with Crippen LogP contribution in [-0.2, 0) is 0 Å². The van der Waals surface area contributed by atoms with E-state index in [0.29, 0.717) is 17.0 Å². The molecule has 0 radical (unpaired) electrons. The smallest absolute Gasteiger partial charge is 0.222 e. The summed E-state index contributed by atoms with van der Waals surface area (Å²) < 4.78 is 0. The van der Waals surface area contributed by atoms with Crippen molar-refractivity contribution in [1.29, 1.82) is 0 Å². The van der Waals surface area contributed by atoms with E-state index >= 15 is 0 Å². The Morgan fingerprint density at radius 3 is 2.36 bits per heavy atom. The minimum absolute atomic E-state index is 0.344. The number of nitrogens with one attached hydrogen (secondary N) is 1. The van der Waals surface area contributed by atoms with E-state index in [-0.39, 0.29) is 0 Å². The summed E-state index contributed by atoms with van der Waals surface area (Å²) in [6.07, 6.45) is 3.14. The Balaban J connectivity index is 2.66. The van der Waals surface area contributed by atoms with Crippen molar-refractivity contribution < 1.29 is 0 Å². The topological polar surface area (TPSA) is 37.8 Å². The summed E-state index contributed by atoms with van der Waals surface area (Å²) in [6.45, 7) is 4.05. The average Bonchev–Trinajstić information content (AvgIpc) is 1.93. The lowest BCUT2D eigenvalue weighted by Crippen LogP contribution is -2.11. The SMILES string of the molecule is CC(C)Nc1ncc(Cl)cn1. The van der Waals surface area contributed by atoms with Gasteiger partial charge in [-0.25, -0.2) is 9.97 Å². The van der Waals surface area contributed by atoms with Gasteiger partial charge in [-0.15, -0.1) is 0 Å². The van der Waals surface area contributed by atoms with Crippen molar-refractivity contribution in [1.82, 2.24) is 9.97 Å². The minimum Gasteiger partial charge on any atom is -0.352 e. The fraction of sp³-hybridized carbons (Fsp3) is 0.429. The zero-order chi connectivity index (χ0) is 8.27. The van der Waals surface area contributed by atoms with Gasteiger partial charge in [0.25, 0.3) is 0 Å². The van der Waals surface area contributed by atoms with Gasteiger partial charge in [0, 0.05) is 6.04 Å². The number of rotatable bonds is 2. The Morgan fingerprint density at radius 1 is 1.36 bits per heavy atom. The van der Waals surface area contributed by atoms with Crippen molar-refractivity contribution in [3.05, 3.63) is 17.4 Å². The van der Waals surface area contributed by atoms with Crippen LogP contribution in [0.3, 0.4) is 0 Å². The first-order valence-corrected chi connectivity index (χ1v) is 3.80. The molecule has 0 bridgehead atoms. The van der Waals surface area contributed by atoms with Gasteiger partial charge >= 0.3 is 0 Å². The van der Waals surface area contributed by atoms with Crippen molar-refractivity contribution in [3.63, 3.8) is 0 Å². The molecule has 0 aromatic carbocycles. The third kappa shape index (κ3) is 2.72. The molecular weight excluding hydrogens is 162 g/mol.